The van der Waals surface area contributed by atoms with E-state index in [1.54, 1.807) is 6.33 Å². The predicted molar refractivity (Wildman–Crippen MR) is 80.1 cm³/mol. The van der Waals surface area contributed by atoms with E-state index >= 15 is 0 Å². The van der Waals surface area contributed by atoms with Crippen molar-refractivity contribution in [1.82, 2.24) is 15.3 Å². The average Bonchev–Trinajstić information content (AvgIpc) is 2.87. The molecule has 3 nitrogen and oxygen atoms in total. The first-order chi connectivity index (χ1) is 9.05. The molecule has 1 heterocycles. The van der Waals surface area contributed by atoms with Crippen LogP contribution >= 0.6 is 0 Å². The second-order valence-electron chi connectivity index (χ2n) is 7.11. The van der Waals surface area contributed by atoms with Crippen molar-refractivity contribution in [3.8, 4) is 0 Å². The standard InChI is InChI=1S/C16H29N3/c1-16(2,3)14-6-4-13(5-7-14)10-17-9-8-15-11-18-12-19-15/h11-14,17H,4-10H2,1-3H3,(H,18,19). The summed E-state index contributed by atoms with van der Waals surface area (Å²) in [6.07, 6.45) is 10.3. The fourth-order valence-electron chi connectivity index (χ4n) is 3.18. The first-order valence-electron chi connectivity index (χ1n) is 7.73. The Bertz CT molecular complexity index is 343. The van der Waals surface area contributed by atoms with E-state index in [-0.39, 0.29) is 0 Å². The van der Waals surface area contributed by atoms with Gasteiger partial charge in [0.15, 0.2) is 0 Å². The van der Waals surface area contributed by atoms with Gasteiger partial charge in [0, 0.05) is 24.9 Å². The first-order valence-corrected chi connectivity index (χ1v) is 7.73. The van der Waals surface area contributed by atoms with Crippen molar-refractivity contribution >= 4 is 0 Å². The number of nitrogens with one attached hydrogen (secondary N) is 2. The van der Waals surface area contributed by atoms with Crippen molar-refractivity contribution in [2.24, 2.45) is 17.3 Å². The highest BCUT2D eigenvalue weighted by Gasteiger charge is 2.29. The van der Waals surface area contributed by atoms with E-state index in [4.69, 9.17) is 0 Å². The van der Waals surface area contributed by atoms with E-state index in [0.717, 1.165) is 24.8 Å². The summed E-state index contributed by atoms with van der Waals surface area (Å²) in [6, 6.07) is 0. The third-order valence-corrected chi connectivity index (χ3v) is 4.63. The lowest BCUT2D eigenvalue weighted by atomic mass is 9.70. The van der Waals surface area contributed by atoms with Gasteiger partial charge in [-0.15, -0.1) is 0 Å². The molecule has 0 saturated heterocycles. The molecule has 0 amide bonds. The number of hydrogen-bond acceptors (Lipinski definition) is 2. The highest BCUT2D eigenvalue weighted by molar-refractivity contribution is 4.94. The van der Waals surface area contributed by atoms with E-state index in [2.05, 4.69) is 36.1 Å². The van der Waals surface area contributed by atoms with Crippen molar-refractivity contribution in [3.05, 3.63) is 18.2 Å². The number of imidazole rings is 1. The van der Waals surface area contributed by atoms with Gasteiger partial charge in [0.1, 0.15) is 0 Å². The lowest BCUT2D eigenvalue weighted by Crippen LogP contribution is -2.31. The lowest BCUT2D eigenvalue weighted by molar-refractivity contribution is 0.149. The summed E-state index contributed by atoms with van der Waals surface area (Å²) in [5, 5.41) is 3.60. The smallest absolute Gasteiger partial charge is 0.0921 e. The van der Waals surface area contributed by atoms with E-state index in [1.807, 2.05) is 6.20 Å². The number of nitrogens with zero attached hydrogens (tertiary/aromatic N) is 1. The molecule has 0 atom stereocenters. The monoisotopic (exact) mass is 263 g/mol. The molecule has 0 bridgehead atoms. The number of H-pyrrole nitrogens is 1. The topological polar surface area (TPSA) is 40.7 Å². The van der Waals surface area contributed by atoms with Gasteiger partial charge in [-0.3, -0.25) is 0 Å². The molecule has 1 aromatic heterocycles. The van der Waals surface area contributed by atoms with E-state index in [1.165, 1.54) is 37.9 Å². The number of rotatable bonds is 5. The summed E-state index contributed by atoms with van der Waals surface area (Å²) in [6.45, 7) is 9.41. The van der Waals surface area contributed by atoms with Crippen LogP contribution in [0.1, 0.15) is 52.1 Å². The van der Waals surface area contributed by atoms with Crippen LogP contribution in [-0.4, -0.2) is 23.1 Å². The molecular formula is C16H29N3. The van der Waals surface area contributed by atoms with Gasteiger partial charge in [-0.25, -0.2) is 4.98 Å². The SMILES string of the molecule is CC(C)(C)C1CCC(CNCCc2cnc[nH]2)CC1. The molecule has 2 rings (SSSR count). The van der Waals surface area contributed by atoms with Crippen LogP contribution in [0, 0.1) is 17.3 Å². The van der Waals surface area contributed by atoms with E-state index < -0.39 is 0 Å². The molecule has 0 aliphatic heterocycles. The Morgan fingerprint density at radius 1 is 1.26 bits per heavy atom. The highest BCUT2D eigenvalue weighted by Crippen LogP contribution is 2.39. The average molecular weight is 263 g/mol. The summed E-state index contributed by atoms with van der Waals surface area (Å²) in [5.74, 6) is 1.81. The van der Waals surface area contributed by atoms with Crippen LogP contribution in [0.15, 0.2) is 12.5 Å². The summed E-state index contributed by atoms with van der Waals surface area (Å²) in [7, 11) is 0. The third-order valence-electron chi connectivity index (χ3n) is 4.63. The Balaban J connectivity index is 1.58. The quantitative estimate of drug-likeness (QED) is 0.799. The van der Waals surface area contributed by atoms with Crippen LogP contribution in [-0.2, 0) is 6.42 Å². The van der Waals surface area contributed by atoms with Gasteiger partial charge in [-0.1, -0.05) is 20.8 Å². The Hall–Kier alpha value is -0.830. The zero-order valence-corrected chi connectivity index (χ0v) is 12.7. The van der Waals surface area contributed by atoms with Crippen molar-refractivity contribution in [2.75, 3.05) is 13.1 Å². The summed E-state index contributed by atoms with van der Waals surface area (Å²) in [4.78, 5) is 7.19. The minimum absolute atomic E-state index is 0.499. The Labute approximate surface area is 117 Å². The Morgan fingerprint density at radius 2 is 2.00 bits per heavy atom. The van der Waals surface area contributed by atoms with Crippen LogP contribution in [0.4, 0.5) is 0 Å². The second-order valence-corrected chi connectivity index (χ2v) is 7.11. The zero-order valence-electron chi connectivity index (χ0n) is 12.7. The molecule has 1 aliphatic carbocycles. The van der Waals surface area contributed by atoms with Crippen LogP contribution in [0.3, 0.4) is 0 Å². The molecule has 19 heavy (non-hydrogen) atoms. The maximum Gasteiger partial charge on any atom is 0.0921 e. The van der Waals surface area contributed by atoms with Gasteiger partial charge in [-0.2, -0.15) is 0 Å². The molecule has 1 aromatic rings. The van der Waals surface area contributed by atoms with E-state index in [0.29, 0.717) is 5.41 Å². The van der Waals surface area contributed by atoms with Crippen molar-refractivity contribution in [1.29, 1.82) is 0 Å². The summed E-state index contributed by atoms with van der Waals surface area (Å²) >= 11 is 0. The highest BCUT2D eigenvalue weighted by atomic mass is 14.9. The minimum Gasteiger partial charge on any atom is -0.348 e. The largest absolute Gasteiger partial charge is 0.348 e. The molecule has 2 N–H and O–H groups in total. The molecule has 108 valence electrons. The molecule has 0 unspecified atom stereocenters. The third kappa shape index (κ3) is 4.64. The van der Waals surface area contributed by atoms with Gasteiger partial charge in [-0.05, 0) is 49.5 Å². The maximum absolute atomic E-state index is 4.04. The van der Waals surface area contributed by atoms with Gasteiger partial charge in [0.25, 0.3) is 0 Å². The van der Waals surface area contributed by atoms with Crippen LogP contribution < -0.4 is 5.32 Å². The van der Waals surface area contributed by atoms with Crippen molar-refractivity contribution < 1.29 is 0 Å². The van der Waals surface area contributed by atoms with Crippen molar-refractivity contribution in [3.63, 3.8) is 0 Å². The minimum atomic E-state index is 0.499. The van der Waals surface area contributed by atoms with Gasteiger partial charge < -0.3 is 10.3 Å². The number of aromatic nitrogens is 2. The molecule has 0 aromatic carbocycles. The Kier molecular flexibility index (Phi) is 5.03. The van der Waals surface area contributed by atoms with Crippen LogP contribution in [0.25, 0.3) is 0 Å². The van der Waals surface area contributed by atoms with Crippen LogP contribution in [0.2, 0.25) is 0 Å². The molecular weight excluding hydrogens is 234 g/mol. The van der Waals surface area contributed by atoms with Crippen LogP contribution in [0.5, 0.6) is 0 Å². The van der Waals surface area contributed by atoms with Crippen molar-refractivity contribution in [2.45, 2.75) is 52.9 Å². The zero-order chi connectivity index (χ0) is 13.7. The summed E-state index contributed by atoms with van der Waals surface area (Å²) in [5.41, 5.74) is 1.72. The van der Waals surface area contributed by atoms with Gasteiger partial charge in [0.2, 0.25) is 0 Å². The summed E-state index contributed by atoms with van der Waals surface area (Å²) < 4.78 is 0. The normalized spacial score (nSPS) is 24.6. The molecule has 1 saturated carbocycles. The number of hydrogen-bond donors (Lipinski definition) is 2. The van der Waals surface area contributed by atoms with Gasteiger partial charge in [0.05, 0.1) is 6.33 Å². The molecule has 0 radical (unpaired) electrons. The lowest BCUT2D eigenvalue weighted by Gasteiger charge is -2.37. The molecule has 3 heteroatoms. The molecule has 1 fully saturated rings. The molecule has 0 spiro atoms. The Morgan fingerprint density at radius 3 is 2.58 bits per heavy atom. The number of aromatic amines is 1. The first kappa shape index (κ1) is 14.6. The van der Waals surface area contributed by atoms with Gasteiger partial charge >= 0.3 is 0 Å². The second kappa shape index (κ2) is 6.56. The predicted octanol–water partition coefficient (Wildman–Crippen LogP) is 3.39. The maximum atomic E-state index is 4.04. The fourth-order valence-corrected chi connectivity index (χ4v) is 3.18. The fraction of sp³-hybridized carbons (Fsp3) is 0.812. The van der Waals surface area contributed by atoms with E-state index in [9.17, 15) is 0 Å². The molecule has 1 aliphatic rings.